The number of hydrogen-bond donors (Lipinski definition) is 0. The molecule has 0 spiro atoms. The average molecular weight is 436 g/mol. The number of amides is 1. The minimum absolute atomic E-state index is 0.134. The number of benzene rings is 2. The van der Waals surface area contributed by atoms with Gasteiger partial charge in [0.1, 0.15) is 0 Å². The summed E-state index contributed by atoms with van der Waals surface area (Å²) in [7, 11) is 0. The molecule has 1 saturated heterocycles. The normalized spacial score (nSPS) is 16.3. The number of carbonyl (C=O) groups is 1. The van der Waals surface area contributed by atoms with E-state index in [1.807, 2.05) is 41.3 Å². The maximum Gasteiger partial charge on any atom is 0.233 e. The van der Waals surface area contributed by atoms with E-state index in [-0.39, 0.29) is 5.91 Å². The van der Waals surface area contributed by atoms with Gasteiger partial charge in [0.25, 0.3) is 0 Å². The molecule has 7 nitrogen and oxygen atoms in total. The van der Waals surface area contributed by atoms with Gasteiger partial charge in [0.15, 0.2) is 5.16 Å². The third-order valence-electron chi connectivity index (χ3n) is 5.73. The molecule has 0 aliphatic carbocycles. The van der Waals surface area contributed by atoms with Gasteiger partial charge < -0.3 is 14.5 Å². The molecule has 1 aromatic heterocycles. The molecular formula is C23H25N5O2S. The molecule has 0 atom stereocenters. The first-order valence-electron chi connectivity index (χ1n) is 10.6. The fourth-order valence-corrected chi connectivity index (χ4v) is 4.90. The quantitative estimate of drug-likeness (QED) is 0.575. The first-order valence-corrected chi connectivity index (χ1v) is 11.6. The summed E-state index contributed by atoms with van der Waals surface area (Å²) < 4.78 is 7.54. The van der Waals surface area contributed by atoms with Crippen molar-refractivity contribution in [2.45, 2.75) is 18.1 Å². The van der Waals surface area contributed by atoms with Crippen LogP contribution in [0.25, 0.3) is 5.69 Å². The maximum atomic E-state index is 13.0. The van der Waals surface area contributed by atoms with Gasteiger partial charge in [-0.15, -0.1) is 10.2 Å². The molecule has 8 heteroatoms. The predicted molar refractivity (Wildman–Crippen MR) is 121 cm³/mol. The number of ether oxygens (including phenoxy) is 1. The molecule has 2 aliphatic rings. The number of hydrogen-bond acceptors (Lipinski definition) is 6. The Labute approximate surface area is 186 Å². The molecular weight excluding hydrogens is 410 g/mol. The van der Waals surface area contributed by atoms with Crippen LogP contribution in [0.15, 0.2) is 59.8 Å². The van der Waals surface area contributed by atoms with Crippen LogP contribution in [0.4, 0.5) is 5.95 Å². The summed E-state index contributed by atoms with van der Waals surface area (Å²) in [6, 6.07) is 18.5. The molecule has 0 radical (unpaired) electrons. The molecule has 0 bridgehead atoms. The summed E-state index contributed by atoms with van der Waals surface area (Å²) in [5, 5.41) is 9.65. The van der Waals surface area contributed by atoms with Crippen LogP contribution in [0, 0.1) is 0 Å². The van der Waals surface area contributed by atoms with E-state index < -0.39 is 0 Å². The van der Waals surface area contributed by atoms with Crippen molar-refractivity contribution in [3.63, 3.8) is 0 Å². The summed E-state index contributed by atoms with van der Waals surface area (Å²) in [5.41, 5.74) is 3.59. The topological polar surface area (TPSA) is 63.5 Å². The first-order chi connectivity index (χ1) is 15.3. The fraction of sp³-hybridized carbons (Fsp3) is 0.348. The van der Waals surface area contributed by atoms with Gasteiger partial charge in [-0.2, -0.15) is 0 Å². The fourth-order valence-electron chi connectivity index (χ4n) is 4.05. The van der Waals surface area contributed by atoms with Crippen molar-refractivity contribution in [1.29, 1.82) is 0 Å². The second kappa shape index (κ2) is 9.11. The Bertz CT molecular complexity index is 1050. The van der Waals surface area contributed by atoms with Crippen molar-refractivity contribution >= 4 is 23.6 Å². The molecule has 3 heterocycles. The standard InChI is InChI=1S/C23H25N5O2S/c29-21(27-11-10-18-6-4-5-7-19(18)16-27)17-31-23-25-24-22(26-12-14-30-15-13-26)28(23)20-8-2-1-3-9-20/h1-9H,10-17H2. The molecule has 31 heavy (non-hydrogen) atoms. The highest BCUT2D eigenvalue weighted by molar-refractivity contribution is 7.99. The summed E-state index contributed by atoms with van der Waals surface area (Å²) in [5.74, 6) is 1.28. The number of thioether (sulfide) groups is 1. The third kappa shape index (κ3) is 4.31. The second-order valence-corrected chi connectivity index (χ2v) is 8.62. The summed E-state index contributed by atoms with van der Waals surface area (Å²) in [6.45, 7) is 4.36. The van der Waals surface area contributed by atoms with Crippen molar-refractivity contribution in [2.75, 3.05) is 43.5 Å². The smallest absolute Gasteiger partial charge is 0.233 e. The largest absolute Gasteiger partial charge is 0.378 e. The monoisotopic (exact) mass is 435 g/mol. The Morgan fingerprint density at radius 2 is 1.68 bits per heavy atom. The minimum atomic E-state index is 0.134. The molecule has 1 amide bonds. The molecule has 0 N–H and O–H groups in total. The van der Waals surface area contributed by atoms with Gasteiger partial charge >= 0.3 is 0 Å². The van der Waals surface area contributed by atoms with E-state index in [1.54, 1.807) is 0 Å². The van der Waals surface area contributed by atoms with Crippen molar-refractivity contribution in [3.05, 3.63) is 65.7 Å². The lowest BCUT2D eigenvalue weighted by molar-refractivity contribution is -0.129. The molecule has 0 unspecified atom stereocenters. The Morgan fingerprint density at radius 3 is 2.48 bits per heavy atom. The van der Waals surface area contributed by atoms with Crippen LogP contribution in [0.1, 0.15) is 11.1 Å². The van der Waals surface area contributed by atoms with Crippen molar-refractivity contribution in [2.24, 2.45) is 0 Å². The molecule has 0 saturated carbocycles. The van der Waals surface area contributed by atoms with E-state index in [0.717, 1.165) is 42.8 Å². The highest BCUT2D eigenvalue weighted by atomic mass is 32.2. The highest BCUT2D eigenvalue weighted by Crippen LogP contribution is 2.28. The van der Waals surface area contributed by atoms with Crippen molar-refractivity contribution in [3.8, 4) is 5.69 Å². The van der Waals surface area contributed by atoms with E-state index >= 15 is 0 Å². The molecule has 160 valence electrons. The number of morpholine rings is 1. The second-order valence-electron chi connectivity index (χ2n) is 7.68. The van der Waals surface area contributed by atoms with Gasteiger partial charge in [0.2, 0.25) is 11.9 Å². The van der Waals surface area contributed by atoms with Gasteiger partial charge in [-0.25, -0.2) is 0 Å². The number of carbonyl (C=O) groups excluding carboxylic acids is 1. The SMILES string of the molecule is O=C(CSc1nnc(N2CCOCC2)n1-c1ccccc1)N1CCc2ccccc2C1. The van der Waals surface area contributed by atoms with Crippen molar-refractivity contribution in [1.82, 2.24) is 19.7 Å². The van der Waals surface area contributed by atoms with Crippen LogP contribution in [0.2, 0.25) is 0 Å². The number of aromatic nitrogens is 3. The predicted octanol–water partition coefficient (Wildman–Crippen LogP) is 2.78. The molecule has 2 aliphatic heterocycles. The van der Waals surface area contributed by atoms with E-state index in [2.05, 4.69) is 37.9 Å². The van der Waals surface area contributed by atoms with Crippen LogP contribution in [0.5, 0.6) is 0 Å². The number of fused-ring (bicyclic) bond motifs is 1. The van der Waals surface area contributed by atoms with Crippen LogP contribution in [-0.2, 0) is 22.5 Å². The van der Waals surface area contributed by atoms with Gasteiger partial charge in [-0.05, 0) is 29.7 Å². The molecule has 2 aromatic carbocycles. The lowest BCUT2D eigenvalue weighted by Crippen LogP contribution is -2.38. The van der Waals surface area contributed by atoms with Crippen LogP contribution >= 0.6 is 11.8 Å². The number of nitrogens with zero attached hydrogens (tertiary/aromatic N) is 5. The zero-order valence-corrected chi connectivity index (χ0v) is 18.1. The van der Waals surface area contributed by atoms with Crippen LogP contribution in [0.3, 0.4) is 0 Å². The summed E-state index contributed by atoms with van der Waals surface area (Å²) in [6.07, 6.45) is 0.911. The van der Waals surface area contributed by atoms with Gasteiger partial charge in [-0.3, -0.25) is 9.36 Å². The Balaban J connectivity index is 1.33. The highest BCUT2D eigenvalue weighted by Gasteiger charge is 2.24. The minimum Gasteiger partial charge on any atom is -0.378 e. The van der Waals surface area contributed by atoms with E-state index in [0.29, 0.717) is 25.5 Å². The Morgan fingerprint density at radius 1 is 0.935 bits per heavy atom. The number of rotatable bonds is 5. The Hall–Kier alpha value is -2.84. The summed E-state index contributed by atoms with van der Waals surface area (Å²) in [4.78, 5) is 17.1. The maximum absolute atomic E-state index is 13.0. The van der Waals surface area contributed by atoms with Crippen LogP contribution < -0.4 is 4.90 Å². The Kier molecular flexibility index (Phi) is 5.90. The molecule has 1 fully saturated rings. The number of anilines is 1. The van der Waals surface area contributed by atoms with Gasteiger partial charge in [0.05, 0.1) is 24.7 Å². The van der Waals surface area contributed by atoms with Crippen LogP contribution in [-0.4, -0.2) is 64.2 Å². The van der Waals surface area contributed by atoms with Gasteiger partial charge in [0, 0.05) is 26.2 Å². The van der Waals surface area contributed by atoms with Gasteiger partial charge in [-0.1, -0.05) is 54.2 Å². The average Bonchev–Trinajstić information content (AvgIpc) is 3.27. The molecule has 3 aromatic rings. The lowest BCUT2D eigenvalue weighted by atomic mass is 10.00. The zero-order chi connectivity index (χ0) is 21.0. The van der Waals surface area contributed by atoms with E-state index in [9.17, 15) is 4.79 Å². The molecule has 5 rings (SSSR count). The lowest BCUT2D eigenvalue weighted by Gasteiger charge is -2.29. The third-order valence-corrected chi connectivity index (χ3v) is 6.65. The zero-order valence-electron chi connectivity index (χ0n) is 17.3. The summed E-state index contributed by atoms with van der Waals surface area (Å²) >= 11 is 1.45. The van der Waals surface area contributed by atoms with E-state index in [1.165, 1.54) is 22.9 Å². The van der Waals surface area contributed by atoms with E-state index in [4.69, 9.17) is 4.74 Å². The first kappa shape index (κ1) is 20.1. The number of para-hydroxylation sites is 1. The van der Waals surface area contributed by atoms with Crippen molar-refractivity contribution < 1.29 is 9.53 Å².